The van der Waals surface area contributed by atoms with Gasteiger partial charge in [0.05, 0.1) is 6.61 Å². The highest BCUT2D eigenvalue weighted by Crippen LogP contribution is 2.26. The van der Waals surface area contributed by atoms with Crippen LogP contribution in [0.15, 0.2) is 0 Å². The fourth-order valence-electron chi connectivity index (χ4n) is 1.38. The van der Waals surface area contributed by atoms with E-state index in [4.69, 9.17) is 17.0 Å². The van der Waals surface area contributed by atoms with Gasteiger partial charge in [0, 0.05) is 13.2 Å². The van der Waals surface area contributed by atoms with Gasteiger partial charge < -0.3 is 15.4 Å². The largest absolute Gasteiger partial charge is 0.383 e. The lowest BCUT2D eigenvalue weighted by Crippen LogP contribution is -2.38. The smallest absolute Gasteiger partial charge is 0.200 e. The van der Waals surface area contributed by atoms with Crippen LogP contribution in [-0.2, 0) is 4.74 Å². The predicted molar refractivity (Wildman–Crippen MR) is 66.9 cm³/mol. The number of thiocarbonyl (C=S) groups is 1. The van der Waals surface area contributed by atoms with Crippen LogP contribution in [0.5, 0.6) is 0 Å². The third kappa shape index (κ3) is 3.54. The average Bonchev–Trinajstić information content (AvgIpc) is 2.39. The van der Waals surface area contributed by atoms with Crippen molar-refractivity contribution in [1.29, 1.82) is 0 Å². The monoisotopic (exact) mass is 314 g/mol. The Kier molecular flexibility index (Phi) is 5.63. The molecule has 0 fully saturated rings. The predicted octanol–water partition coefficient (Wildman–Crippen LogP) is 2.70. The van der Waals surface area contributed by atoms with E-state index in [1.165, 1.54) is 7.11 Å². The van der Waals surface area contributed by atoms with Gasteiger partial charge in [0.15, 0.2) is 28.4 Å². The molecule has 9 heteroatoms. The van der Waals surface area contributed by atoms with Gasteiger partial charge in [0.2, 0.25) is 5.82 Å². The molecule has 0 aliphatic heterocycles. The lowest BCUT2D eigenvalue weighted by atomic mass is 10.2. The van der Waals surface area contributed by atoms with E-state index in [0.29, 0.717) is 0 Å². The standard InChI is InChI=1S/C11H11F5N2OS/c1-4(3-19-2)17-11(20)18-10-8(15)6(13)5(12)7(14)9(10)16/h4H,3H2,1-2H3,(H2,17,18,20). The van der Waals surface area contributed by atoms with Gasteiger partial charge >= 0.3 is 0 Å². The average molecular weight is 314 g/mol. The van der Waals surface area contributed by atoms with E-state index in [1.807, 2.05) is 5.32 Å². The van der Waals surface area contributed by atoms with Crippen molar-refractivity contribution in [1.82, 2.24) is 5.32 Å². The van der Waals surface area contributed by atoms with E-state index >= 15 is 0 Å². The van der Waals surface area contributed by atoms with Crippen LogP contribution in [0.4, 0.5) is 27.6 Å². The third-order valence-electron chi connectivity index (χ3n) is 2.24. The van der Waals surface area contributed by atoms with Gasteiger partial charge in [-0.15, -0.1) is 0 Å². The van der Waals surface area contributed by atoms with Crippen molar-refractivity contribution in [2.75, 3.05) is 19.0 Å². The van der Waals surface area contributed by atoms with Crippen molar-refractivity contribution in [3.8, 4) is 0 Å². The number of benzene rings is 1. The van der Waals surface area contributed by atoms with Gasteiger partial charge in [0.25, 0.3) is 0 Å². The Morgan fingerprint density at radius 2 is 1.50 bits per heavy atom. The molecule has 0 aromatic heterocycles. The minimum absolute atomic E-state index is 0.235. The summed E-state index contributed by atoms with van der Waals surface area (Å²) < 4.78 is 70.2. The highest BCUT2D eigenvalue weighted by atomic mass is 32.1. The summed E-state index contributed by atoms with van der Waals surface area (Å²) in [6, 6.07) is -0.318. The molecule has 3 nitrogen and oxygen atoms in total. The van der Waals surface area contributed by atoms with E-state index in [2.05, 4.69) is 5.32 Å². The lowest BCUT2D eigenvalue weighted by Gasteiger charge is -2.17. The number of anilines is 1. The van der Waals surface area contributed by atoms with Crippen LogP contribution in [-0.4, -0.2) is 24.9 Å². The van der Waals surface area contributed by atoms with Gasteiger partial charge in [-0.05, 0) is 19.1 Å². The first-order chi connectivity index (χ1) is 9.29. The maximum atomic E-state index is 13.4. The zero-order chi connectivity index (χ0) is 15.4. The number of ether oxygens (including phenoxy) is 1. The molecule has 2 N–H and O–H groups in total. The van der Waals surface area contributed by atoms with Gasteiger partial charge in [-0.1, -0.05) is 0 Å². The summed E-state index contributed by atoms with van der Waals surface area (Å²) in [6.07, 6.45) is 0. The first kappa shape index (κ1) is 16.6. The normalized spacial score (nSPS) is 12.2. The second-order valence-corrected chi connectivity index (χ2v) is 4.31. The molecule has 0 aliphatic rings. The topological polar surface area (TPSA) is 33.3 Å². The first-order valence-corrected chi connectivity index (χ1v) is 5.78. The quantitative estimate of drug-likeness (QED) is 0.387. The second-order valence-electron chi connectivity index (χ2n) is 3.90. The van der Waals surface area contributed by atoms with Gasteiger partial charge in [-0.25, -0.2) is 22.0 Å². The Balaban J connectivity index is 2.96. The molecule has 0 saturated carbocycles. The van der Waals surface area contributed by atoms with Crippen LogP contribution in [0.1, 0.15) is 6.92 Å². The maximum Gasteiger partial charge on any atom is 0.200 e. The van der Waals surface area contributed by atoms with Crippen LogP contribution in [0.3, 0.4) is 0 Å². The summed E-state index contributed by atoms with van der Waals surface area (Å²) in [5.41, 5.74) is -1.21. The van der Waals surface area contributed by atoms with Crippen LogP contribution in [0.2, 0.25) is 0 Å². The summed E-state index contributed by atoms with van der Waals surface area (Å²) in [5, 5.41) is 4.21. The third-order valence-corrected chi connectivity index (χ3v) is 2.46. The summed E-state index contributed by atoms with van der Waals surface area (Å²) in [6.45, 7) is 1.88. The summed E-state index contributed by atoms with van der Waals surface area (Å²) >= 11 is 4.72. The van der Waals surface area contributed by atoms with Crippen molar-refractivity contribution in [3.63, 3.8) is 0 Å². The summed E-state index contributed by atoms with van der Waals surface area (Å²) in [7, 11) is 1.43. The van der Waals surface area contributed by atoms with E-state index in [-0.39, 0.29) is 17.8 Å². The lowest BCUT2D eigenvalue weighted by molar-refractivity contribution is 0.179. The second kappa shape index (κ2) is 6.80. The van der Waals surface area contributed by atoms with Crippen molar-refractivity contribution < 1.29 is 26.7 Å². The maximum absolute atomic E-state index is 13.4. The molecule has 1 unspecified atom stereocenters. The van der Waals surface area contributed by atoms with Crippen LogP contribution in [0, 0.1) is 29.1 Å². The number of hydrogen-bond acceptors (Lipinski definition) is 2. The molecule has 0 aliphatic carbocycles. The van der Waals surface area contributed by atoms with Crippen molar-refractivity contribution >= 4 is 23.0 Å². The van der Waals surface area contributed by atoms with E-state index in [1.54, 1.807) is 6.92 Å². The number of halogens is 5. The minimum atomic E-state index is -2.22. The van der Waals surface area contributed by atoms with E-state index in [0.717, 1.165) is 0 Å². The molecule has 0 bridgehead atoms. The zero-order valence-electron chi connectivity index (χ0n) is 10.5. The molecule has 1 rings (SSSR count). The van der Waals surface area contributed by atoms with Crippen LogP contribution < -0.4 is 10.6 Å². The summed E-state index contributed by atoms with van der Waals surface area (Å²) in [5.74, 6) is -10.3. The molecule has 0 amide bonds. The zero-order valence-corrected chi connectivity index (χ0v) is 11.3. The minimum Gasteiger partial charge on any atom is -0.383 e. The molecular weight excluding hydrogens is 303 g/mol. The van der Waals surface area contributed by atoms with Gasteiger partial charge in [-0.3, -0.25) is 0 Å². The van der Waals surface area contributed by atoms with E-state index < -0.39 is 34.8 Å². The van der Waals surface area contributed by atoms with Crippen molar-refractivity contribution in [2.45, 2.75) is 13.0 Å². The van der Waals surface area contributed by atoms with Crippen molar-refractivity contribution in [3.05, 3.63) is 29.1 Å². The van der Waals surface area contributed by atoms with Crippen LogP contribution in [0.25, 0.3) is 0 Å². The molecule has 20 heavy (non-hydrogen) atoms. The molecule has 1 aromatic rings. The molecule has 1 atom stereocenters. The van der Waals surface area contributed by atoms with Gasteiger partial charge in [-0.2, -0.15) is 0 Å². The molecule has 0 spiro atoms. The Hall–Kier alpha value is -1.48. The Bertz CT molecular complexity index is 497. The number of nitrogens with one attached hydrogen (secondary N) is 2. The first-order valence-electron chi connectivity index (χ1n) is 5.37. The summed E-state index contributed by atoms with van der Waals surface area (Å²) in [4.78, 5) is 0. The molecule has 0 heterocycles. The Labute approximate surface area is 117 Å². The number of hydrogen-bond donors (Lipinski definition) is 2. The fourth-order valence-corrected chi connectivity index (χ4v) is 1.68. The van der Waals surface area contributed by atoms with Crippen molar-refractivity contribution in [2.24, 2.45) is 0 Å². The van der Waals surface area contributed by atoms with Crippen LogP contribution >= 0.6 is 12.2 Å². The fraction of sp³-hybridized carbons (Fsp3) is 0.364. The molecular formula is C11H11F5N2OS. The highest BCUT2D eigenvalue weighted by molar-refractivity contribution is 7.80. The number of rotatable bonds is 4. The molecule has 0 saturated heterocycles. The molecule has 0 radical (unpaired) electrons. The van der Waals surface area contributed by atoms with E-state index in [9.17, 15) is 22.0 Å². The number of methoxy groups -OCH3 is 1. The highest BCUT2D eigenvalue weighted by Gasteiger charge is 2.26. The van der Waals surface area contributed by atoms with Gasteiger partial charge in [0.1, 0.15) is 5.69 Å². The Morgan fingerprint density at radius 3 is 1.95 bits per heavy atom. The molecule has 1 aromatic carbocycles. The molecule has 112 valence electrons. The SMILES string of the molecule is COCC(C)NC(=S)Nc1c(F)c(F)c(F)c(F)c1F. The Morgan fingerprint density at radius 1 is 1.05 bits per heavy atom.